The van der Waals surface area contributed by atoms with Gasteiger partial charge in [-0.05, 0) is 24.6 Å². The lowest BCUT2D eigenvalue weighted by Gasteiger charge is -2.03. The third kappa shape index (κ3) is 1.63. The fourth-order valence-electron chi connectivity index (χ4n) is 0.728. The molecule has 1 radical (unpaired) electrons. The predicted molar refractivity (Wildman–Crippen MR) is 42.4 cm³/mol. The highest BCUT2D eigenvalue weighted by atomic mass is 35.5. The van der Waals surface area contributed by atoms with E-state index in [-0.39, 0.29) is 5.75 Å². The average molecular weight is 174 g/mol. The van der Waals surface area contributed by atoms with Gasteiger partial charge >= 0.3 is 0 Å². The number of rotatable bonds is 1. The van der Waals surface area contributed by atoms with E-state index >= 15 is 0 Å². The summed E-state index contributed by atoms with van der Waals surface area (Å²) in [5.41, 5.74) is 0.560. The minimum absolute atomic E-state index is 0.166. The molecule has 0 spiro atoms. The van der Waals surface area contributed by atoms with Crippen LogP contribution in [0.3, 0.4) is 0 Å². The molecule has 0 amide bonds. The Kier molecular flexibility index (Phi) is 2.35. The van der Waals surface area contributed by atoms with Crippen molar-refractivity contribution in [3.63, 3.8) is 0 Å². The molecule has 1 aromatic rings. The molecule has 0 bridgehead atoms. The van der Waals surface area contributed by atoms with Crippen molar-refractivity contribution in [1.82, 2.24) is 0 Å². The lowest BCUT2D eigenvalue weighted by atomic mass is 10.2. The van der Waals surface area contributed by atoms with Crippen LogP contribution in [0.2, 0.25) is 5.02 Å². The second-order valence-electron chi connectivity index (χ2n) is 2.08. The lowest BCUT2D eigenvalue weighted by Crippen LogP contribution is -1.89. The van der Waals surface area contributed by atoms with Crippen molar-refractivity contribution in [2.75, 3.05) is 7.11 Å². The largest absolute Gasteiger partial charge is 0.494 e. The molecule has 59 valence electrons. The monoisotopic (exact) mass is 173 g/mol. The van der Waals surface area contributed by atoms with Gasteiger partial charge in [-0.2, -0.15) is 0 Å². The van der Waals surface area contributed by atoms with Crippen molar-refractivity contribution in [1.29, 1.82) is 0 Å². The van der Waals surface area contributed by atoms with Crippen molar-refractivity contribution < 1.29 is 9.13 Å². The van der Waals surface area contributed by atoms with Crippen LogP contribution in [-0.2, 0) is 0 Å². The van der Waals surface area contributed by atoms with Gasteiger partial charge in [-0.25, -0.2) is 4.39 Å². The van der Waals surface area contributed by atoms with Gasteiger partial charge in [-0.1, -0.05) is 11.6 Å². The molecule has 0 aliphatic heterocycles. The van der Waals surface area contributed by atoms with Crippen LogP contribution in [-0.4, -0.2) is 7.11 Å². The molecule has 0 N–H and O–H groups in total. The number of hydrogen-bond acceptors (Lipinski definition) is 1. The zero-order valence-electron chi connectivity index (χ0n) is 6.03. The van der Waals surface area contributed by atoms with E-state index < -0.39 is 5.82 Å². The quantitative estimate of drug-likeness (QED) is 0.635. The van der Waals surface area contributed by atoms with Crippen molar-refractivity contribution in [2.24, 2.45) is 0 Å². The van der Waals surface area contributed by atoms with Gasteiger partial charge in [0, 0.05) is 5.02 Å². The molecular formula is C8H7ClFO. The maximum atomic E-state index is 12.8. The normalized spacial score (nSPS) is 9.82. The Morgan fingerprint density at radius 1 is 1.55 bits per heavy atom. The minimum Gasteiger partial charge on any atom is -0.494 e. The summed E-state index contributed by atoms with van der Waals surface area (Å²) >= 11 is 5.58. The predicted octanol–water partition coefficient (Wildman–Crippen LogP) is 2.67. The fourth-order valence-corrected chi connectivity index (χ4v) is 0.878. The van der Waals surface area contributed by atoms with E-state index in [2.05, 4.69) is 6.92 Å². The molecule has 11 heavy (non-hydrogen) atoms. The summed E-state index contributed by atoms with van der Waals surface area (Å²) in [5.74, 6) is -0.302. The number of benzene rings is 1. The molecule has 1 aromatic carbocycles. The maximum absolute atomic E-state index is 12.8. The maximum Gasteiger partial charge on any atom is 0.166 e. The first-order valence-corrected chi connectivity index (χ1v) is 3.38. The first kappa shape index (κ1) is 8.34. The zero-order valence-corrected chi connectivity index (χ0v) is 6.78. The molecule has 0 heterocycles. The summed E-state index contributed by atoms with van der Waals surface area (Å²) in [6, 6.07) is 2.64. The van der Waals surface area contributed by atoms with E-state index in [1.807, 2.05) is 0 Å². The average Bonchev–Trinajstić information content (AvgIpc) is 1.97. The van der Waals surface area contributed by atoms with Gasteiger partial charge in [0.2, 0.25) is 0 Å². The van der Waals surface area contributed by atoms with Gasteiger partial charge in [0.1, 0.15) is 0 Å². The highest BCUT2D eigenvalue weighted by Gasteiger charge is 2.04. The smallest absolute Gasteiger partial charge is 0.166 e. The number of halogens is 2. The first-order chi connectivity index (χ1) is 5.15. The summed E-state index contributed by atoms with van der Waals surface area (Å²) in [5, 5.41) is 0.309. The molecule has 0 aliphatic rings. The number of ether oxygens (including phenoxy) is 1. The summed E-state index contributed by atoms with van der Waals surface area (Å²) in [4.78, 5) is 0. The van der Waals surface area contributed by atoms with Gasteiger partial charge < -0.3 is 4.74 Å². The molecule has 1 nitrogen and oxygen atoms in total. The zero-order chi connectivity index (χ0) is 8.43. The Balaban J connectivity index is 3.21. The van der Waals surface area contributed by atoms with E-state index in [9.17, 15) is 4.39 Å². The summed E-state index contributed by atoms with van der Waals surface area (Å²) in [6.07, 6.45) is 0. The van der Waals surface area contributed by atoms with Crippen LogP contribution in [0.5, 0.6) is 5.75 Å². The molecule has 1 rings (SSSR count). The molecule has 0 unspecified atom stereocenters. The van der Waals surface area contributed by atoms with E-state index in [1.165, 1.54) is 19.2 Å². The van der Waals surface area contributed by atoms with Crippen LogP contribution in [0.4, 0.5) is 4.39 Å². The molecule has 0 aliphatic carbocycles. The Hall–Kier alpha value is -0.760. The molecule has 3 heteroatoms. The Bertz CT molecular complexity index is 273. The fraction of sp³-hybridized carbons (Fsp3) is 0.125. The van der Waals surface area contributed by atoms with Crippen LogP contribution in [0.25, 0.3) is 0 Å². The summed E-state index contributed by atoms with van der Waals surface area (Å²) in [6.45, 7) is 3.59. The summed E-state index contributed by atoms with van der Waals surface area (Å²) < 4.78 is 17.5. The summed E-state index contributed by atoms with van der Waals surface area (Å²) in [7, 11) is 1.39. The van der Waals surface area contributed by atoms with Crippen LogP contribution < -0.4 is 4.74 Å². The first-order valence-electron chi connectivity index (χ1n) is 3.00. The van der Waals surface area contributed by atoms with Crippen LogP contribution in [0.1, 0.15) is 5.56 Å². The third-order valence-corrected chi connectivity index (χ3v) is 1.67. The van der Waals surface area contributed by atoms with E-state index in [1.54, 1.807) is 0 Å². The van der Waals surface area contributed by atoms with Gasteiger partial charge in [-0.3, -0.25) is 0 Å². The third-order valence-electron chi connectivity index (χ3n) is 1.32. The molecular weight excluding hydrogens is 167 g/mol. The lowest BCUT2D eigenvalue weighted by molar-refractivity contribution is 0.386. The Labute approximate surface area is 69.7 Å². The van der Waals surface area contributed by atoms with Gasteiger partial charge in [0.15, 0.2) is 11.6 Å². The molecule has 0 saturated carbocycles. The molecule has 0 atom stereocenters. The molecule has 0 fully saturated rings. The molecule has 0 aromatic heterocycles. The van der Waals surface area contributed by atoms with E-state index in [4.69, 9.17) is 16.3 Å². The van der Waals surface area contributed by atoms with Crippen LogP contribution >= 0.6 is 11.6 Å². The van der Waals surface area contributed by atoms with Gasteiger partial charge in [0.25, 0.3) is 0 Å². The SMILES string of the molecule is [CH2]c1cc(OC)c(F)cc1Cl. The van der Waals surface area contributed by atoms with Crippen molar-refractivity contribution >= 4 is 11.6 Å². The molecule has 0 saturated heterocycles. The van der Waals surface area contributed by atoms with E-state index in [0.29, 0.717) is 10.6 Å². The number of methoxy groups -OCH3 is 1. The topological polar surface area (TPSA) is 9.23 Å². The second-order valence-corrected chi connectivity index (χ2v) is 2.49. The van der Waals surface area contributed by atoms with Crippen LogP contribution in [0.15, 0.2) is 12.1 Å². The minimum atomic E-state index is -0.468. The van der Waals surface area contributed by atoms with Crippen molar-refractivity contribution in [3.05, 3.63) is 35.5 Å². The highest BCUT2D eigenvalue weighted by molar-refractivity contribution is 6.31. The van der Waals surface area contributed by atoms with E-state index in [0.717, 1.165) is 0 Å². The number of hydrogen-bond donors (Lipinski definition) is 0. The Morgan fingerprint density at radius 2 is 2.18 bits per heavy atom. The van der Waals surface area contributed by atoms with Gasteiger partial charge in [-0.15, -0.1) is 0 Å². The van der Waals surface area contributed by atoms with Crippen LogP contribution in [0, 0.1) is 12.7 Å². The van der Waals surface area contributed by atoms with Gasteiger partial charge in [0.05, 0.1) is 7.11 Å². The highest BCUT2D eigenvalue weighted by Crippen LogP contribution is 2.24. The van der Waals surface area contributed by atoms with Crippen molar-refractivity contribution in [2.45, 2.75) is 0 Å². The second kappa shape index (κ2) is 3.09. The Morgan fingerprint density at radius 3 is 2.73 bits per heavy atom. The standard InChI is InChI=1S/C8H7ClFO/c1-5-3-8(11-2)7(10)4-6(5)9/h3-4H,1H2,2H3. The van der Waals surface area contributed by atoms with Crippen molar-refractivity contribution in [3.8, 4) is 5.75 Å².